The summed E-state index contributed by atoms with van der Waals surface area (Å²) in [6.07, 6.45) is 3.21. The molecule has 0 radical (unpaired) electrons. The fourth-order valence-corrected chi connectivity index (χ4v) is 3.75. The molecule has 0 bridgehead atoms. The zero-order valence-corrected chi connectivity index (χ0v) is 20.3. The van der Waals surface area contributed by atoms with E-state index in [1.165, 1.54) is 48.5 Å². The van der Waals surface area contributed by atoms with Gasteiger partial charge in [-0.1, -0.05) is 60.2 Å². The third-order valence-corrected chi connectivity index (χ3v) is 5.80. The highest BCUT2D eigenvalue weighted by atomic mass is 19.2. The largest absolute Gasteiger partial charge is 0.491 e. The molecule has 0 aliphatic heterocycles. The van der Waals surface area contributed by atoms with Crippen molar-refractivity contribution in [3.05, 3.63) is 120 Å². The molecule has 6 heteroatoms. The van der Waals surface area contributed by atoms with Crippen LogP contribution in [0.5, 0.6) is 11.5 Å². The van der Waals surface area contributed by atoms with Crippen LogP contribution in [0.25, 0.3) is 22.3 Å². The number of carbonyl (C=O) groups is 1. The summed E-state index contributed by atoms with van der Waals surface area (Å²) in [5.74, 6) is -3.11. The Morgan fingerprint density at radius 1 is 0.838 bits per heavy atom. The maximum Gasteiger partial charge on any atom is 0.343 e. The van der Waals surface area contributed by atoms with Crippen molar-refractivity contribution in [2.45, 2.75) is 19.8 Å². The van der Waals surface area contributed by atoms with Gasteiger partial charge in [0.25, 0.3) is 0 Å². The molecule has 4 aromatic rings. The molecule has 0 unspecified atom stereocenters. The average Bonchev–Trinajstić information content (AvgIpc) is 2.90. The van der Waals surface area contributed by atoms with E-state index >= 15 is 0 Å². The van der Waals surface area contributed by atoms with Crippen LogP contribution in [0.1, 0.15) is 28.8 Å². The van der Waals surface area contributed by atoms with E-state index in [1.54, 1.807) is 18.2 Å². The van der Waals surface area contributed by atoms with Crippen LogP contribution in [0.4, 0.5) is 13.2 Å². The number of hydrogen-bond donors (Lipinski definition) is 0. The first-order valence-electron chi connectivity index (χ1n) is 11.8. The number of ether oxygens (including phenoxy) is 2. The van der Waals surface area contributed by atoms with Crippen LogP contribution in [-0.2, 0) is 0 Å². The lowest BCUT2D eigenvalue weighted by molar-refractivity contribution is 0.0734. The summed E-state index contributed by atoms with van der Waals surface area (Å²) in [7, 11) is 0. The van der Waals surface area contributed by atoms with Gasteiger partial charge in [0.2, 0.25) is 0 Å². The Morgan fingerprint density at radius 2 is 1.43 bits per heavy atom. The van der Waals surface area contributed by atoms with Crippen LogP contribution in [0, 0.1) is 24.4 Å². The van der Waals surface area contributed by atoms with Gasteiger partial charge in [-0.05, 0) is 61.2 Å². The summed E-state index contributed by atoms with van der Waals surface area (Å²) in [5, 5.41) is 0. The lowest BCUT2D eigenvalue weighted by Gasteiger charge is -2.11. The second kappa shape index (κ2) is 11.6. The highest BCUT2D eigenvalue weighted by molar-refractivity contribution is 5.91. The van der Waals surface area contributed by atoms with Gasteiger partial charge in [-0.2, -0.15) is 0 Å². The van der Waals surface area contributed by atoms with E-state index in [2.05, 4.69) is 6.58 Å². The fraction of sp³-hybridized carbons (Fsp3) is 0.129. The van der Waals surface area contributed by atoms with Crippen LogP contribution in [0.3, 0.4) is 0 Å². The Labute approximate surface area is 213 Å². The fourth-order valence-electron chi connectivity index (χ4n) is 3.75. The maximum atomic E-state index is 14.9. The topological polar surface area (TPSA) is 35.5 Å². The Balaban J connectivity index is 1.45. The van der Waals surface area contributed by atoms with Crippen molar-refractivity contribution in [2.24, 2.45) is 0 Å². The van der Waals surface area contributed by atoms with Crippen molar-refractivity contribution < 1.29 is 27.4 Å². The van der Waals surface area contributed by atoms with Crippen LogP contribution in [0.15, 0.2) is 91.5 Å². The number of hydrogen-bond acceptors (Lipinski definition) is 3. The van der Waals surface area contributed by atoms with Crippen LogP contribution >= 0.6 is 0 Å². The molecule has 37 heavy (non-hydrogen) atoms. The molecule has 0 saturated carbocycles. The number of aryl methyl sites for hydroxylation is 1. The molecule has 4 aromatic carbocycles. The Hall–Kier alpha value is -4.32. The minimum Gasteiger partial charge on any atom is -0.491 e. The number of halogens is 3. The second-order valence-electron chi connectivity index (χ2n) is 8.49. The molecule has 0 amide bonds. The smallest absolute Gasteiger partial charge is 0.343 e. The van der Waals surface area contributed by atoms with Crippen LogP contribution in [0.2, 0.25) is 0 Å². The molecule has 4 rings (SSSR count). The zero-order valence-electron chi connectivity index (χ0n) is 20.3. The van der Waals surface area contributed by atoms with Gasteiger partial charge in [-0.3, -0.25) is 0 Å². The van der Waals surface area contributed by atoms with E-state index in [9.17, 15) is 18.0 Å². The maximum absolute atomic E-state index is 14.9. The molecule has 0 saturated heterocycles. The third kappa shape index (κ3) is 6.09. The summed E-state index contributed by atoms with van der Waals surface area (Å²) in [4.78, 5) is 12.5. The van der Waals surface area contributed by atoms with Crippen molar-refractivity contribution >= 4 is 5.97 Å². The van der Waals surface area contributed by atoms with E-state index < -0.39 is 23.4 Å². The Morgan fingerprint density at radius 3 is 2.00 bits per heavy atom. The first-order chi connectivity index (χ1) is 17.9. The van der Waals surface area contributed by atoms with Gasteiger partial charge >= 0.3 is 5.97 Å². The molecule has 0 aliphatic rings. The van der Waals surface area contributed by atoms with Crippen molar-refractivity contribution in [3.63, 3.8) is 0 Å². The van der Waals surface area contributed by atoms with Crippen LogP contribution in [-0.4, -0.2) is 12.6 Å². The first kappa shape index (κ1) is 25.8. The number of rotatable bonds is 9. The predicted octanol–water partition coefficient (Wildman–Crippen LogP) is 8.31. The van der Waals surface area contributed by atoms with Gasteiger partial charge in [0, 0.05) is 11.1 Å². The minimum absolute atomic E-state index is 0.0137. The molecule has 0 N–H and O–H groups in total. The summed E-state index contributed by atoms with van der Waals surface area (Å²) >= 11 is 0. The van der Waals surface area contributed by atoms with Gasteiger partial charge in [-0.25, -0.2) is 18.0 Å². The van der Waals surface area contributed by atoms with Crippen LogP contribution < -0.4 is 9.47 Å². The summed E-state index contributed by atoms with van der Waals surface area (Å²) < 4.78 is 54.8. The monoisotopic (exact) mass is 502 g/mol. The standard InChI is InChI=1S/C31H25F3O3/c1-3-4-5-18-36-28-17-12-23(19-27(28)32)31(35)37-24-13-10-22(11-14-24)26-16-15-25(29(33)30(26)34)21-8-6-20(2)7-9-21/h3,6-17,19H,1,4-5,18H2,2H3. The SMILES string of the molecule is C=CCCCOc1ccc(C(=O)Oc2ccc(-c3ccc(-c4ccc(C)cc4)c(F)c3F)cc2)cc1F. The molecule has 0 aromatic heterocycles. The number of esters is 1. The first-order valence-corrected chi connectivity index (χ1v) is 11.8. The highest BCUT2D eigenvalue weighted by Crippen LogP contribution is 2.32. The zero-order chi connectivity index (χ0) is 26.4. The number of benzene rings is 4. The van der Waals surface area contributed by atoms with Crippen molar-refractivity contribution in [2.75, 3.05) is 6.61 Å². The summed E-state index contributed by atoms with van der Waals surface area (Å²) in [6.45, 7) is 5.87. The lowest BCUT2D eigenvalue weighted by atomic mass is 9.98. The van der Waals surface area contributed by atoms with E-state index in [0.29, 0.717) is 24.2 Å². The molecule has 0 heterocycles. The summed E-state index contributed by atoms with van der Waals surface area (Å²) in [5.41, 5.74) is 2.28. The normalized spacial score (nSPS) is 10.7. The van der Waals surface area contributed by atoms with Gasteiger partial charge in [0.1, 0.15) is 5.75 Å². The van der Waals surface area contributed by atoms with Gasteiger partial charge in [0.15, 0.2) is 23.2 Å². The molecule has 188 valence electrons. The summed E-state index contributed by atoms with van der Waals surface area (Å²) in [6, 6.07) is 20.0. The molecule has 0 aliphatic carbocycles. The van der Waals surface area contributed by atoms with Gasteiger partial charge in [0.05, 0.1) is 12.2 Å². The molecule has 3 nitrogen and oxygen atoms in total. The van der Waals surface area contributed by atoms with Gasteiger partial charge < -0.3 is 9.47 Å². The van der Waals surface area contributed by atoms with Crippen molar-refractivity contribution in [1.82, 2.24) is 0 Å². The van der Waals surface area contributed by atoms with E-state index in [4.69, 9.17) is 9.47 Å². The van der Waals surface area contributed by atoms with Crippen molar-refractivity contribution in [3.8, 4) is 33.8 Å². The highest BCUT2D eigenvalue weighted by Gasteiger charge is 2.17. The molecular weight excluding hydrogens is 477 g/mol. The molecular formula is C31H25F3O3. The Kier molecular flexibility index (Phi) is 8.08. The van der Waals surface area contributed by atoms with Crippen molar-refractivity contribution in [1.29, 1.82) is 0 Å². The van der Waals surface area contributed by atoms with E-state index in [0.717, 1.165) is 18.1 Å². The number of carbonyl (C=O) groups excluding carboxylic acids is 1. The Bertz CT molecular complexity index is 1410. The van der Waals surface area contributed by atoms with E-state index in [1.807, 2.05) is 19.1 Å². The third-order valence-electron chi connectivity index (χ3n) is 5.80. The van der Waals surface area contributed by atoms with E-state index in [-0.39, 0.29) is 28.2 Å². The molecule has 0 spiro atoms. The number of unbranched alkanes of at least 4 members (excludes halogenated alkanes) is 1. The predicted molar refractivity (Wildman–Crippen MR) is 138 cm³/mol. The molecule has 0 fully saturated rings. The average molecular weight is 503 g/mol. The minimum atomic E-state index is -0.968. The molecule has 0 atom stereocenters. The van der Waals surface area contributed by atoms with Gasteiger partial charge in [-0.15, -0.1) is 6.58 Å². The quantitative estimate of drug-likeness (QED) is 0.0999. The number of allylic oxidation sites excluding steroid dienone is 1. The second-order valence-corrected chi connectivity index (χ2v) is 8.49. The lowest BCUT2D eigenvalue weighted by Crippen LogP contribution is -2.09.